The van der Waals surface area contributed by atoms with Gasteiger partial charge in [-0.25, -0.2) is 4.98 Å². The molecule has 1 aliphatic heterocycles. The minimum atomic E-state index is -0.290. The standard InChI is InChI=1S/C25H31N7O4/c1-36-19-6-4-17(5-7-19)12-22(33)31-10-8-30(9-11-31)16-23(34)32(14-18-2-3-18)15-21-27-20-13-26-29-24(20)25(35)28-21/h4-7,13,18H,2-3,8-12,14-16H2,1H3,(H,26,29)(H,27,28,35). The summed E-state index contributed by atoms with van der Waals surface area (Å²) in [4.78, 5) is 51.2. The van der Waals surface area contributed by atoms with Crippen LogP contribution in [0.1, 0.15) is 24.2 Å². The lowest BCUT2D eigenvalue weighted by molar-refractivity contribution is -0.135. The van der Waals surface area contributed by atoms with Crippen LogP contribution in [0.2, 0.25) is 0 Å². The first-order chi connectivity index (χ1) is 17.5. The van der Waals surface area contributed by atoms with Crippen LogP contribution in [-0.2, 0) is 22.6 Å². The molecule has 190 valence electrons. The Morgan fingerprint density at radius 1 is 1.14 bits per heavy atom. The van der Waals surface area contributed by atoms with Gasteiger partial charge in [0.15, 0.2) is 0 Å². The molecule has 0 bridgehead atoms. The third-order valence-corrected chi connectivity index (χ3v) is 6.83. The molecular formula is C25H31N7O4. The summed E-state index contributed by atoms with van der Waals surface area (Å²) >= 11 is 0. The second-order valence-corrected chi connectivity index (χ2v) is 9.54. The fraction of sp³-hybridized carbons (Fsp3) is 0.480. The number of nitrogens with zero attached hydrogens (tertiary/aromatic N) is 5. The maximum Gasteiger partial charge on any atom is 0.276 e. The zero-order chi connectivity index (χ0) is 25.1. The van der Waals surface area contributed by atoms with Crippen LogP contribution in [0.4, 0.5) is 0 Å². The number of aromatic amines is 2. The number of aromatic nitrogens is 4. The van der Waals surface area contributed by atoms with E-state index in [1.54, 1.807) is 12.0 Å². The van der Waals surface area contributed by atoms with Crippen molar-refractivity contribution in [3.8, 4) is 5.75 Å². The van der Waals surface area contributed by atoms with Crippen molar-refractivity contribution in [2.75, 3.05) is 46.4 Å². The molecule has 1 saturated carbocycles. The first-order valence-corrected chi connectivity index (χ1v) is 12.3. The molecule has 2 aromatic heterocycles. The van der Waals surface area contributed by atoms with Gasteiger partial charge in [0, 0.05) is 32.7 Å². The van der Waals surface area contributed by atoms with Gasteiger partial charge in [0.2, 0.25) is 11.8 Å². The molecule has 1 aromatic carbocycles. The van der Waals surface area contributed by atoms with Crippen molar-refractivity contribution < 1.29 is 14.3 Å². The van der Waals surface area contributed by atoms with Gasteiger partial charge in [-0.3, -0.25) is 24.4 Å². The number of carbonyl (C=O) groups is 2. The smallest absolute Gasteiger partial charge is 0.276 e. The summed E-state index contributed by atoms with van der Waals surface area (Å²) in [6, 6.07) is 7.54. The van der Waals surface area contributed by atoms with E-state index in [9.17, 15) is 14.4 Å². The average molecular weight is 494 g/mol. The van der Waals surface area contributed by atoms with Gasteiger partial charge in [-0.05, 0) is 36.5 Å². The average Bonchev–Trinajstić information content (AvgIpc) is 3.57. The molecule has 0 unspecified atom stereocenters. The van der Waals surface area contributed by atoms with E-state index in [0.717, 1.165) is 24.2 Å². The van der Waals surface area contributed by atoms with Crippen LogP contribution in [-0.4, -0.2) is 93.1 Å². The molecule has 0 radical (unpaired) electrons. The molecule has 3 heterocycles. The highest BCUT2D eigenvalue weighted by Gasteiger charge is 2.29. The number of methoxy groups -OCH3 is 1. The Labute approximate surface area is 208 Å². The monoisotopic (exact) mass is 493 g/mol. The minimum absolute atomic E-state index is 0.00912. The first kappa shape index (κ1) is 24.0. The second kappa shape index (κ2) is 10.5. The quantitative estimate of drug-likeness (QED) is 0.451. The lowest BCUT2D eigenvalue weighted by Gasteiger charge is -2.35. The van der Waals surface area contributed by atoms with Crippen molar-refractivity contribution >= 4 is 22.8 Å². The molecule has 1 aliphatic carbocycles. The number of benzene rings is 1. The van der Waals surface area contributed by atoms with Crippen LogP contribution >= 0.6 is 0 Å². The van der Waals surface area contributed by atoms with Gasteiger partial charge in [-0.1, -0.05) is 12.1 Å². The zero-order valence-electron chi connectivity index (χ0n) is 20.4. The van der Waals surface area contributed by atoms with Crippen LogP contribution in [0.5, 0.6) is 5.75 Å². The highest BCUT2D eigenvalue weighted by molar-refractivity contribution is 5.80. The minimum Gasteiger partial charge on any atom is -0.497 e. The van der Waals surface area contributed by atoms with Crippen LogP contribution in [0.25, 0.3) is 11.0 Å². The first-order valence-electron chi connectivity index (χ1n) is 12.3. The van der Waals surface area contributed by atoms with Gasteiger partial charge in [-0.2, -0.15) is 5.10 Å². The molecule has 2 aliphatic rings. The molecule has 11 heteroatoms. The Morgan fingerprint density at radius 3 is 2.58 bits per heavy atom. The predicted octanol–water partition coefficient (Wildman–Crippen LogP) is 0.780. The van der Waals surface area contributed by atoms with Gasteiger partial charge in [0.25, 0.3) is 5.56 Å². The zero-order valence-corrected chi connectivity index (χ0v) is 20.4. The van der Waals surface area contributed by atoms with E-state index in [1.807, 2.05) is 29.2 Å². The van der Waals surface area contributed by atoms with E-state index in [1.165, 1.54) is 6.20 Å². The van der Waals surface area contributed by atoms with E-state index < -0.39 is 0 Å². The predicted molar refractivity (Wildman–Crippen MR) is 132 cm³/mol. The Hall–Kier alpha value is -3.73. The van der Waals surface area contributed by atoms with Gasteiger partial charge >= 0.3 is 0 Å². The fourth-order valence-electron chi connectivity index (χ4n) is 4.50. The highest BCUT2D eigenvalue weighted by Crippen LogP contribution is 2.30. The summed E-state index contributed by atoms with van der Waals surface area (Å²) in [6.07, 6.45) is 4.09. The Kier molecular flexibility index (Phi) is 6.99. The number of hydrogen-bond acceptors (Lipinski definition) is 7. The van der Waals surface area contributed by atoms with Crippen molar-refractivity contribution in [1.82, 2.24) is 34.9 Å². The van der Waals surface area contributed by atoms with Crippen molar-refractivity contribution in [2.45, 2.75) is 25.8 Å². The number of H-pyrrole nitrogens is 2. The number of carbonyl (C=O) groups excluding carboxylic acids is 2. The van der Waals surface area contributed by atoms with Gasteiger partial charge in [-0.15, -0.1) is 0 Å². The summed E-state index contributed by atoms with van der Waals surface area (Å²) < 4.78 is 5.17. The van der Waals surface area contributed by atoms with Crippen LogP contribution in [0.3, 0.4) is 0 Å². The largest absolute Gasteiger partial charge is 0.497 e. The fourth-order valence-corrected chi connectivity index (χ4v) is 4.50. The van der Waals surface area contributed by atoms with E-state index in [2.05, 4.69) is 25.1 Å². The maximum absolute atomic E-state index is 13.2. The summed E-state index contributed by atoms with van der Waals surface area (Å²) in [5.41, 5.74) is 1.48. The van der Waals surface area contributed by atoms with E-state index in [0.29, 0.717) is 61.9 Å². The molecule has 2 fully saturated rings. The van der Waals surface area contributed by atoms with Crippen LogP contribution in [0, 0.1) is 5.92 Å². The molecule has 0 spiro atoms. The highest BCUT2D eigenvalue weighted by atomic mass is 16.5. The molecule has 36 heavy (non-hydrogen) atoms. The van der Waals surface area contributed by atoms with Crippen molar-refractivity contribution in [3.63, 3.8) is 0 Å². The molecule has 1 saturated heterocycles. The van der Waals surface area contributed by atoms with Crippen molar-refractivity contribution in [1.29, 1.82) is 0 Å². The SMILES string of the molecule is COc1ccc(CC(=O)N2CCN(CC(=O)N(Cc3nc4cn[nH]c4c(=O)[nH]3)CC3CC3)CC2)cc1. The van der Waals surface area contributed by atoms with Crippen molar-refractivity contribution in [2.24, 2.45) is 5.92 Å². The molecular weight excluding hydrogens is 462 g/mol. The number of hydrogen-bond donors (Lipinski definition) is 2. The second-order valence-electron chi connectivity index (χ2n) is 9.54. The number of nitrogens with one attached hydrogen (secondary N) is 2. The molecule has 5 rings (SSSR count). The topological polar surface area (TPSA) is 128 Å². The molecule has 2 N–H and O–H groups in total. The number of ether oxygens (including phenoxy) is 1. The summed E-state index contributed by atoms with van der Waals surface area (Å²) in [5, 5.41) is 6.51. The van der Waals surface area contributed by atoms with Crippen molar-refractivity contribution in [3.05, 3.63) is 52.2 Å². The van der Waals surface area contributed by atoms with Crippen LogP contribution < -0.4 is 10.3 Å². The molecule has 11 nitrogen and oxygen atoms in total. The number of rotatable bonds is 9. The van der Waals surface area contributed by atoms with E-state index in [4.69, 9.17) is 4.74 Å². The Morgan fingerprint density at radius 2 is 1.89 bits per heavy atom. The molecule has 3 aromatic rings. The van der Waals surface area contributed by atoms with Crippen LogP contribution in [0.15, 0.2) is 35.3 Å². The Balaban J connectivity index is 1.15. The van der Waals surface area contributed by atoms with E-state index in [-0.39, 0.29) is 30.5 Å². The summed E-state index contributed by atoms with van der Waals surface area (Å²) in [6.45, 7) is 3.68. The van der Waals surface area contributed by atoms with Gasteiger partial charge in [0.1, 0.15) is 22.6 Å². The van der Waals surface area contributed by atoms with Gasteiger partial charge < -0.3 is 19.5 Å². The van der Waals surface area contributed by atoms with Gasteiger partial charge in [0.05, 0.1) is 32.8 Å². The lowest BCUT2D eigenvalue weighted by Crippen LogP contribution is -2.52. The third kappa shape index (κ3) is 5.73. The number of fused-ring (bicyclic) bond motifs is 1. The summed E-state index contributed by atoms with van der Waals surface area (Å²) in [5.74, 6) is 1.83. The molecule has 2 amide bonds. The summed E-state index contributed by atoms with van der Waals surface area (Å²) in [7, 11) is 1.62. The normalized spacial score (nSPS) is 16.3. The lowest BCUT2D eigenvalue weighted by atomic mass is 10.1. The Bertz CT molecular complexity index is 1270. The number of piperazine rings is 1. The van der Waals surface area contributed by atoms with E-state index >= 15 is 0 Å². The maximum atomic E-state index is 13.2. The molecule has 0 atom stereocenters. The third-order valence-electron chi connectivity index (χ3n) is 6.83. The number of amides is 2.